The summed E-state index contributed by atoms with van der Waals surface area (Å²) in [6, 6.07) is 8.15. The number of halogens is 2. The molecule has 1 saturated heterocycles. The van der Waals surface area contributed by atoms with Crippen LogP contribution < -0.4 is 0 Å². The average Bonchev–Trinajstić information content (AvgIpc) is 2.32. The summed E-state index contributed by atoms with van der Waals surface area (Å²) < 4.78 is 0. The van der Waals surface area contributed by atoms with Crippen LogP contribution in [0.3, 0.4) is 0 Å². The Hall–Kier alpha value is -0.0500. The molecule has 16 heavy (non-hydrogen) atoms. The molecule has 1 aromatic carbocycles. The largest absolute Gasteiger partial charge is 0.299 e. The second-order valence-electron chi connectivity index (χ2n) is 4.49. The zero-order valence-electron chi connectivity index (χ0n) is 9.33. The predicted molar refractivity (Wildman–Crippen MR) is 73.2 cm³/mol. The molecule has 0 N–H and O–H groups in total. The summed E-state index contributed by atoms with van der Waals surface area (Å²) in [5.74, 6) is 0.802. The van der Waals surface area contributed by atoms with Gasteiger partial charge in [0.25, 0.3) is 0 Å². The highest BCUT2D eigenvalue weighted by atomic mass is 79.9. The fraction of sp³-hybridized carbons (Fsp3) is 0.538. The number of alkyl halides is 1. The third kappa shape index (κ3) is 3.22. The molecule has 3 heteroatoms. The van der Waals surface area contributed by atoms with Crippen LogP contribution in [-0.2, 0) is 6.54 Å². The van der Waals surface area contributed by atoms with E-state index in [9.17, 15) is 0 Å². The Kier molecular flexibility index (Phi) is 4.68. The van der Waals surface area contributed by atoms with Crippen LogP contribution in [0.2, 0.25) is 5.02 Å². The van der Waals surface area contributed by atoms with Crippen LogP contribution in [0.15, 0.2) is 24.3 Å². The van der Waals surface area contributed by atoms with E-state index >= 15 is 0 Å². The molecule has 1 heterocycles. The van der Waals surface area contributed by atoms with Crippen molar-refractivity contribution in [3.63, 3.8) is 0 Å². The lowest BCUT2D eigenvalue weighted by Gasteiger charge is -2.32. The van der Waals surface area contributed by atoms with Crippen molar-refractivity contribution in [3.05, 3.63) is 34.9 Å². The normalized spacial score (nSPS) is 22.2. The first-order valence-electron chi connectivity index (χ1n) is 5.81. The van der Waals surface area contributed by atoms with Gasteiger partial charge in [0.2, 0.25) is 0 Å². The summed E-state index contributed by atoms with van der Waals surface area (Å²) in [5.41, 5.74) is 1.25. The maximum atomic E-state index is 6.18. The number of likely N-dealkylation sites (tertiary alicyclic amines) is 1. The molecule has 0 spiro atoms. The molecule has 0 bridgehead atoms. The lowest BCUT2D eigenvalue weighted by Crippen LogP contribution is -2.35. The van der Waals surface area contributed by atoms with Crippen molar-refractivity contribution in [2.45, 2.75) is 19.4 Å². The highest BCUT2D eigenvalue weighted by Crippen LogP contribution is 2.22. The Morgan fingerprint density at radius 2 is 2.19 bits per heavy atom. The minimum absolute atomic E-state index is 0.802. The second kappa shape index (κ2) is 6.04. The average molecular weight is 303 g/mol. The topological polar surface area (TPSA) is 3.24 Å². The molecule has 1 aliphatic rings. The van der Waals surface area contributed by atoms with Gasteiger partial charge in [0.15, 0.2) is 0 Å². The monoisotopic (exact) mass is 301 g/mol. The molecule has 1 atom stereocenters. The summed E-state index contributed by atoms with van der Waals surface area (Å²) >= 11 is 9.76. The fourth-order valence-corrected chi connectivity index (χ4v) is 3.01. The maximum Gasteiger partial charge on any atom is 0.0451 e. The lowest BCUT2D eigenvalue weighted by molar-refractivity contribution is 0.179. The van der Waals surface area contributed by atoms with Crippen molar-refractivity contribution in [2.24, 2.45) is 5.92 Å². The van der Waals surface area contributed by atoms with Gasteiger partial charge in [-0.2, -0.15) is 0 Å². The minimum Gasteiger partial charge on any atom is -0.299 e. The molecule has 1 nitrogen and oxygen atoms in total. The minimum atomic E-state index is 0.802. The van der Waals surface area contributed by atoms with E-state index in [1.165, 1.54) is 31.5 Å². The van der Waals surface area contributed by atoms with E-state index in [-0.39, 0.29) is 0 Å². The molecule has 0 amide bonds. The number of piperidine rings is 1. The lowest BCUT2D eigenvalue weighted by atomic mass is 10.00. The molecule has 1 fully saturated rings. The Bertz CT molecular complexity index is 342. The van der Waals surface area contributed by atoms with Gasteiger partial charge in [-0.3, -0.25) is 4.90 Å². The van der Waals surface area contributed by atoms with Gasteiger partial charge in [-0.05, 0) is 36.9 Å². The molecule has 1 aliphatic heterocycles. The van der Waals surface area contributed by atoms with Crippen molar-refractivity contribution in [2.75, 3.05) is 18.4 Å². The Balaban J connectivity index is 1.97. The van der Waals surface area contributed by atoms with Crippen LogP contribution in [0.1, 0.15) is 18.4 Å². The SMILES string of the molecule is Clc1ccccc1CN1CCCC(CBr)C1. The molecule has 0 aromatic heterocycles. The maximum absolute atomic E-state index is 6.18. The van der Waals surface area contributed by atoms with E-state index in [1.54, 1.807) is 0 Å². The number of hydrogen-bond donors (Lipinski definition) is 0. The molecule has 2 rings (SSSR count). The first kappa shape index (κ1) is 12.4. The van der Waals surface area contributed by atoms with Crippen LogP contribution in [0.5, 0.6) is 0 Å². The third-order valence-electron chi connectivity index (χ3n) is 3.17. The smallest absolute Gasteiger partial charge is 0.0451 e. The molecule has 0 saturated carbocycles. The van der Waals surface area contributed by atoms with Crippen molar-refractivity contribution < 1.29 is 0 Å². The van der Waals surface area contributed by atoms with E-state index in [0.29, 0.717) is 0 Å². The summed E-state index contributed by atoms with van der Waals surface area (Å²) in [7, 11) is 0. The first-order valence-corrected chi connectivity index (χ1v) is 7.31. The van der Waals surface area contributed by atoms with Crippen molar-refractivity contribution in [3.8, 4) is 0 Å². The number of nitrogens with zero attached hydrogens (tertiary/aromatic N) is 1. The van der Waals surface area contributed by atoms with Gasteiger partial charge >= 0.3 is 0 Å². The first-order chi connectivity index (χ1) is 7.79. The van der Waals surface area contributed by atoms with Crippen LogP contribution in [0.25, 0.3) is 0 Å². The Morgan fingerprint density at radius 1 is 1.38 bits per heavy atom. The summed E-state index contributed by atoms with van der Waals surface area (Å²) in [6.45, 7) is 3.38. The standard InChI is InChI=1S/C13H17BrClN/c14-8-11-4-3-7-16(9-11)10-12-5-1-2-6-13(12)15/h1-2,5-6,11H,3-4,7-10H2. The molecule has 0 radical (unpaired) electrons. The van der Waals surface area contributed by atoms with Gasteiger partial charge in [-0.25, -0.2) is 0 Å². The Labute approximate surface area is 111 Å². The summed E-state index contributed by atoms with van der Waals surface area (Å²) in [5, 5.41) is 2.01. The van der Waals surface area contributed by atoms with Crippen LogP contribution >= 0.6 is 27.5 Å². The second-order valence-corrected chi connectivity index (χ2v) is 5.54. The number of hydrogen-bond acceptors (Lipinski definition) is 1. The van der Waals surface area contributed by atoms with E-state index in [1.807, 2.05) is 12.1 Å². The third-order valence-corrected chi connectivity index (χ3v) is 4.46. The molecule has 1 aromatic rings. The number of rotatable bonds is 3. The highest BCUT2D eigenvalue weighted by molar-refractivity contribution is 9.09. The quantitative estimate of drug-likeness (QED) is 0.764. The van der Waals surface area contributed by atoms with Crippen molar-refractivity contribution in [1.29, 1.82) is 0 Å². The van der Waals surface area contributed by atoms with Gasteiger partial charge in [0.05, 0.1) is 0 Å². The van der Waals surface area contributed by atoms with Crippen LogP contribution in [0, 0.1) is 5.92 Å². The number of benzene rings is 1. The van der Waals surface area contributed by atoms with E-state index in [2.05, 4.69) is 33.0 Å². The summed E-state index contributed by atoms with van der Waals surface area (Å²) in [6.07, 6.45) is 2.66. The molecule has 0 aliphatic carbocycles. The van der Waals surface area contributed by atoms with Crippen molar-refractivity contribution >= 4 is 27.5 Å². The van der Waals surface area contributed by atoms with Gasteiger partial charge in [-0.15, -0.1) is 0 Å². The summed E-state index contributed by atoms with van der Waals surface area (Å²) in [4.78, 5) is 2.51. The predicted octanol–water partition coefficient (Wildman–Crippen LogP) is 3.95. The molecule has 88 valence electrons. The van der Waals surface area contributed by atoms with Crippen molar-refractivity contribution in [1.82, 2.24) is 4.90 Å². The Morgan fingerprint density at radius 3 is 2.94 bits per heavy atom. The van der Waals surface area contributed by atoms with E-state index in [0.717, 1.165) is 22.8 Å². The molecular formula is C13H17BrClN. The van der Waals surface area contributed by atoms with Gasteiger partial charge in [0.1, 0.15) is 0 Å². The molecule has 1 unspecified atom stereocenters. The fourth-order valence-electron chi connectivity index (χ4n) is 2.29. The van der Waals surface area contributed by atoms with Gasteiger partial charge < -0.3 is 0 Å². The van der Waals surface area contributed by atoms with Gasteiger partial charge in [0, 0.05) is 23.4 Å². The van der Waals surface area contributed by atoms with E-state index in [4.69, 9.17) is 11.6 Å². The van der Waals surface area contributed by atoms with Crippen LogP contribution in [0.4, 0.5) is 0 Å². The zero-order valence-corrected chi connectivity index (χ0v) is 11.7. The molecular weight excluding hydrogens is 286 g/mol. The highest BCUT2D eigenvalue weighted by Gasteiger charge is 2.19. The van der Waals surface area contributed by atoms with E-state index < -0.39 is 0 Å². The zero-order chi connectivity index (χ0) is 11.4. The van der Waals surface area contributed by atoms with Gasteiger partial charge in [-0.1, -0.05) is 45.7 Å². The van der Waals surface area contributed by atoms with Crippen LogP contribution in [-0.4, -0.2) is 23.3 Å².